The van der Waals surface area contributed by atoms with Crippen LogP contribution in [0, 0.1) is 6.92 Å². The van der Waals surface area contributed by atoms with E-state index in [1.807, 2.05) is 13.1 Å². The Morgan fingerprint density at radius 2 is 2.26 bits per heavy atom. The summed E-state index contributed by atoms with van der Waals surface area (Å²) in [5.74, 6) is 0. The second-order valence-corrected chi connectivity index (χ2v) is 5.90. The molecule has 0 aliphatic carbocycles. The number of aliphatic hydroxyl groups is 1. The molecule has 19 heavy (non-hydrogen) atoms. The number of piperazine rings is 1. The molecular formula is C15H23N3O. The summed E-state index contributed by atoms with van der Waals surface area (Å²) in [7, 11) is 0. The molecule has 0 amide bonds. The van der Waals surface area contributed by atoms with Gasteiger partial charge in [0, 0.05) is 48.3 Å². The predicted octanol–water partition coefficient (Wildman–Crippen LogP) is 1.56. The molecule has 0 saturated carbocycles. The number of anilines is 1. The van der Waals surface area contributed by atoms with Gasteiger partial charge in [0.15, 0.2) is 0 Å². The minimum atomic E-state index is 0.0697. The fourth-order valence-corrected chi connectivity index (χ4v) is 3.49. The van der Waals surface area contributed by atoms with Crippen molar-refractivity contribution < 1.29 is 5.11 Å². The molecule has 2 fully saturated rings. The standard InChI is InChI=1S/C15H23N3O/c1-11-6-15(13(10-19)7-16-11)18-9-14-4-3-5-17(14)8-12(18)2/h6-7,12,14,19H,3-5,8-10H2,1-2H3. The lowest BCUT2D eigenvalue weighted by Crippen LogP contribution is -2.55. The Hall–Kier alpha value is -1.13. The summed E-state index contributed by atoms with van der Waals surface area (Å²) in [4.78, 5) is 9.38. The monoisotopic (exact) mass is 261 g/mol. The summed E-state index contributed by atoms with van der Waals surface area (Å²) in [5.41, 5.74) is 3.14. The highest BCUT2D eigenvalue weighted by molar-refractivity contribution is 5.55. The normalized spacial score (nSPS) is 27.6. The summed E-state index contributed by atoms with van der Waals surface area (Å²) < 4.78 is 0. The first-order chi connectivity index (χ1) is 9.19. The van der Waals surface area contributed by atoms with Gasteiger partial charge in [0.05, 0.1) is 6.61 Å². The summed E-state index contributed by atoms with van der Waals surface area (Å²) in [6.45, 7) is 7.84. The fourth-order valence-electron chi connectivity index (χ4n) is 3.49. The van der Waals surface area contributed by atoms with Crippen LogP contribution in [-0.4, -0.2) is 46.7 Å². The maximum Gasteiger partial charge on any atom is 0.0717 e. The van der Waals surface area contributed by atoms with E-state index in [1.54, 1.807) is 0 Å². The van der Waals surface area contributed by atoms with Crippen LogP contribution in [0.4, 0.5) is 5.69 Å². The topological polar surface area (TPSA) is 39.6 Å². The number of aliphatic hydroxyl groups excluding tert-OH is 1. The van der Waals surface area contributed by atoms with Crippen molar-refractivity contribution in [2.45, 2.75) is 45.4 Å². The average Bonchev–Trinajstić information content (AvgIpc) is 2.84. The number of aryl methyl sites for hydroxylation is 1. The Morgan fingerprint density at radius 3 is 3.05 bits per heavy atom. The number of rotatable bonds is 2. The largest absolute Gasteiger partial charge is 0.392 e. The van der Waals surface area contributed by atoms with Crippen molar-refractivity contribution in [3.8, 4) is 0 Å². The lowest BCUT2D eigenvalue weighted by Gasteiger charge is -2.44. The van der Waals surface area contributed by atoms with Crippen LogP contribution < -0.4 is 4.90 Å². The van der Waals surface area contributed by atoms with Gasteiger partial charge in [-0.05, 0) is 39.3 Å². The zero-order chi connectivity index (χ0) is 13.4. The van der Waals surface area contributed by atoms with E-state index in [-0.39, 0.29) is 6.61 Å². The van der Waals surface area contributed by atoms with Crippen molar-refractivity contribution in [3.63, 3.8) is 0 Å². The third-order valence-corrected chi connectivity index (χ3v) is 4.52. The molecule has 0 aromatic carbocycles. The molecule has 2 unspecified atom stereocenters. The third-order valence-electron chi connectivity index (χ3n) is 4.52. The van der Waals surface area contributed by atoms with E-state index >= 15 is 0 Å². The van der Waals surface area contributed by atoms with E-state index in [0.29, 0.717) is 12.1 Å². The summed E-state index contributed by atoms with van der Waals surface area (Å²) in [6.07, 6.45) is 4.45. The van der Waals surface area contributed by atoms with Crippen LogP contribution in [0.5, 0.6) is 0 Å². The van der Waals surface area contributed by atoms with Crippen molar-refractivity contribution in [3.05, 3.63) is 23.5 Å². The highest BCUT2D eigenvalue weighted by Crippen LogP contribution is 2.30. The Bertz CT molecular complexity index is 463. The van der Waals surface area contributed by atoms with Gasteiger partial charge in [-0.15, -0.1) is 0 Å². The molecule has 2 aliphatic rings. The maximum atomic E-state index is 9.54. The lowest BCUT2D eigenvalue weighted by molar-refractivity contribution is 0.202. The maximum absolute atomic E-state index is 9.54. The summed E-state index contributed by atoms with van der Waals surface area (Å²) in [6, 6.07) is 3.31. The van der Waals surface area contributed by atoms with Crippen LogP contribution >= 0.6 is 0 Å². The van der Waals surface area contributed by atoms with E-state index < -0.39 is 0 Å². The van der Waals surface area contributed by atoms with Crippen molar-refractivity contribution in [2.24, 2.45) is 0 Å². The molecule has 3 heterocycles. The Kier molecular flexibility index (Phi) is 3.46. The molecule has 2 saturated heterocycles. The summed E-state index contributed by atoms with van der Waals surface area (Å²) >= 11 is 0. The van der Waals surface area contributed by atoms with Crippen molar-refractivity contribution in [2.75, 3.05) is 24.5 Å². The summed E-state index contributed by atoms with van der Waals surface area (Å²) in [5, 5.41) is 9.54. The van der Waals surface area contributed by atoms with Crippen LogP contribution in [0.2, 0.25) is 0 Å². The molecule has 1 aromatic rings. The molecule has 0 bridgehead atoms. The van der Waals surface area contributed by atoms with Crippen molar-refractivity contribution in [1.82, 2.24) is 9.88 Å². The van der Waals surface area contributed by atoms with Gasteiger partial charge in [-0.1, -0.05) is 0 Å². The van der Waals surface area contributed by atoms with Crippen LogP contribution in [0.15, 0.2) is 12.3 Å². The molecule has 2 aliphatic heterocycles. The van der Waals surface area contributed by atoms with Crippen LogP contribution in [0.25, 0.3) is 0 Å². The first kappa shape index (κ1) is 12.9. The van der Waals surface area contributed by atoms with Gasteiger partial charge in [-0.2, -0.15) is 0 Å². The zero-order valence-electron chi connectivity index (χ0n) is 11.8. The molecule has 0 spiro atoms. The molecule has 0 radical (unpaired) electrons. The Labute approximate surface area is 115 Å². The van der Waals surface area contributed by atoms with Crippen molar-refractivity contribution >= 4 is 5.69 Å². The molecule has 1 N–H and O–H groups in total. The molecular weight excluding hydrogens is 238 g/mol. The third kappa shape index (κ3) is 2.35. The zero-order valence-corrected chi connectivity index (χ0v) is 11.8. The molecule has 4 nitrogen and oxygen atoms in total. The minimum absolute atomic E-state index is 0.0697. The molecule has 3 rings (SSSR count). The van der Waals surface area contributed by atoms with E-state index in [0.717, 1.165) is 24.3 Å². The second-order valence-electron chi connectivity index (χ2n) is 5.90. The predicted molar refractivity (Wildman–Crippen MR) is 76.3 cm³/mol. The SMILES string of the molecule is Cc1cc(N2CC3CCCN3CC2C)c(CO)cn1. The highest BCUT2D eigenvalue weighted by Gasteiger charge is 2.35. The van der Waals surface area contributed by atoms with Crippen LogP contribution in [0.3, 0.4) is 0 Å². The Balaban J connectivity index is 1.90. The van der Waals surface area contributed by atoms with E-state index in [9.17, 15) is 5.11 Å². The number of nitrogens with zero attached hydrogens (tertiary/aromatic N) is 3. The van der Waals surface area contributed by atoms with Gasteiger partial charge in [0.1, 0.15) is 0 Å². The molecule has 104 valence electrons. The van der Waals surface area contributed by atoms with Crippen LogP contribution in [-0.2, 0) is 6.61 Å². The molecule has 1 aromatic heterocycles. The number of fused-ring (bicyclic) bond motifs is 1. The van der Waals surface area contributed by atoms with E-state index in [4.69, 9.17) is 0 Å². The van der Waals surface area contributed by atoms with E-state index in [2.05, 4.69) is 27.8 Å². The second kappa shape index (κ2) is 5.10. The highest BCUT2D eigenvalue weighted by atomic mass is 16.3. The quantitative estimate of drug-likeness (QED) is 0.877. The number of aromatic nitrogens is 1. The first-order valence-corrected chi connectivity index (χ1v) is 7.26. The van der Waals surface area contributed by atoms with Gasteiger partial charge < -0.3 is 10.0 Å². The van der Waals surface area contributed by atoms with E-state index in [1.165, 1.54) is 25.1 Å². The Morgan fingerprint density at radius 1 is 1.42 bits per heavy atom. The smallest absolute Gasteiger partial charge is 0.0717 e. The lowest BCUT2D eigenvalue weighted by atomic mass is 10.1. The van der Waals surface area contributed by atoms with Gasteiger partial charge in [0.25, 0.3) is 0 Å². The number of pyridine rings is 1. The number of hydrogen-bond donors (Lipinski definition) is 1. The first-order valence-electron chi connectivity index (χ1n) is 7.26. The van der Waals surface area contributed by atoms with Gasteiger partial charge in [0.2, 0.25) is 0 Å². The number of hydrogen-bond acceptors (Lipinski definition) is 4. The average molecular weight is 261 g/mol. The fraction of sp³-hybridized carbons (Fsp3) is 0.667. The molecule has 4 heteroatoms. The van der Waals surface area contributed by atoms with Gasteiger partial charge >= 0.3 is 0 Å². The molecule has 2 atom stereocenters. The van der Waals surface area contributed by atoms with Gasteiger partial charge in [-0.25, -0.2) is 0 Å². The van der Waals surface area contributed by atoms with Crippen LogP contribution in [0.1, 0.15) is 31.0 Å². The minimum Gasteiger partial charge on any atom is -0.392 e. The van der Waals surface area contributed by atoms with Crippen molar-refractivity contribution in [1.29, 1.82) is 0 Å². The van der Waals surface area contributed by atoms with Gasteiger partial charge in [-0.3, -0.25) is 9.88 Å².